The fraction of sp³-hybridized carbons (Fsp3) is 0.467. The van der Waals surface area contributed by atoms with Crippen molar-refractivity contribution in [1.29, 1.82) is 0 Å². The molecule has 0 radical (unpaired) electrons. The lowest BCUT2D eigenvalue weighted by atomic mass is 9.85. The Labute approximate surface area is 123 Å². The molecule has 1 rings (SSSR count). The Morgan fingerprint density at radius 1 is 0.857 bits per heavy atom. The van der Waals surface area contributed by atoms with Crippen LogP contribution in [0.1, 0.15) is 11.5 Å². The van der Waals surface area contributed by atoms with Crippen LogP contribution in [0.3, 0.4) is 0 Å². The van der Waals surface area contributed by atoms with Crippen LogP contribution in [0.4, 0.5) is 0 Å². The molecule has 6 nitrogen and oxygen atoms in total. The maximum absolute atomic E-state index is 12.0. The van der Waals surface area contributed by atoms with Gasteiger partial charge >= 0.3 is 11.9 Å². The Balaban J connectivity index is 3.31. The van der Waals surface area contributed by atoms with Gasteiger partial charge in [0.25, 0.3) is 0 Å². The highest BCUT2D eigenvalue weighted by molar-refractivity contribution is 5.96. The van der Waals surface area contributed by atoms with Crippen molar-refractivity contribution in [2.45, 2.75) is 12.2 Å². The summed E-state index contributed by atoms with van der Waals surface area (Å²) in [5, 5.41) is 0. The lowest BCUT2D eigenvalue weighted by Crippen LogP contribution is -2.39. The summed E-state index contributed by atoms with van der Waals surface area (Å²) in [6.45, 7) is 0. The zero-order chi connectivity index (χ0) is 15.8. The minimum Gasteiger partial charge on any atom is -0.468 e. The lowest BCUT2D eigenvalue weighted by molar-refractivity contribution is -0.172. The molecule has 0 heterocycles. The molecular weight excluding hydrogens is 276 g/mol. The van der Waals surface area contributed by atoms with E-state index in [1.807, 2.05) is 6.07 Å². The van der Waals surface area contributed by atoms with E-state index in [9.17, 15) is 9.59 Å². The third-order valence-electron chi connectivity index (χ3n) is 3.21. The molecule has 1 aromatic rings. The van der Waals surface area contributed by atoms with Crippen LogP contribution >= 0.6 is 0 Å². The molecule has 0 fully saturated rings. The van der Waals surface area contributed by atoms with Gasteiger partial charge in [-0.25, -0.2) is 0 Å². The Hall–Kier alpha value is -1.92. The summed E-state index contributed by atoms with van der Waals surface area (Å²) in [5.41, 5.74) is 0.715. The SMILES string of the molecule is COC(=O)C(C(=O)OC)C(c1ccccc1)C(OC)OC. The Morgan fingerprint density at radius 2 is 1.33 bits per heavy atom. The van der Waals surface area contributed by atoms with E-state index in [1.54, 1.807) is 24.3 Å². The van der Waals surface area contributed by atoms with E-state index in [4.69, 9.17) is 18.9 Å². The molecule has 6 heteroatoms. The average Bonchev–Trinajstić information content (AvgIpc) is 2.54. The standard InChI is InChI=1S/C15H20O6/c1-18-13(16)12(14(17)19-2)11(15(20-3)21-4)10-8-6-5-7-9-10/h5-9,11-12,15H,1-4H3. The molecular formula is C15H20O6. The van der Waals surface area contributed by atoms with Crippen molar-refractivity contribution < 1.29 is 28.5 Å². The summed E-state index contributed by atoms with van der Waals surface area (Å²) in [7, 11) is 5.31. The lowest BCUT2D eigenvalue weighted by Gasteiger charge is -2.29. The number of ether oxygens (including phenoxy) is 4. The smallest absolute Gasteiger partial charge is 0.320 e. The molecule has 0 aromatic heterocycles. The fourth-order valence-electron chi connectivity index (χ4n) is 2.21. The third kappa shape index (κ3) is 4.03. The minimum absolute atomic E-state index is 0.680. The molecule has 1 unspecified atom stereocenters. The Kier molecular flexibility index (Phi) is 6.84. The van der Waals surface area contributed by atoms with Crippen LogP contribution in [0.25, 0.3) is 0 Å². The summed E-state index contributed by atoms with van der Waals surface area (Å²) in [4.78, 5) is 24.1. The molecule has 0 amide bonds. The molecule has 116 valence electrons. The second kappa shape index (κ2) is 8.39. The van der Waals surface area contributed by atoms with Crippen LogP contribution < -0.4 is 0 Å². The van der Waals surface area contributed by atoms with Gasteiger partial charge in [0.2, 0.25) is 0 Å². The maximum atomic E-state index is 12.0. The first-order chi connectivity index (χ1) is 10.1. The van der Waals surface area contributed by atoms with Crippen molar-refractivity contribution in [2.24, 2.45) is 5.92 Å². The van der Waals surface area contributed by atoms with Gasteiger partial charge in [-0.2, -0.15) is 0 Å². The molecule has 21 heavy (non-hydrogen) atoms. The molecule has 0 spiro atoms. The molecule has 0 aliphatic carbocycles. The van der Waals surface area contributed by atoms with Gasteiger partial charge in [0, 0.05) is 14.2 Å². The molecule has 1 atom stereocenters. The van der Waals surface area contributed by atoms with Gasteiger partial charge in [-0.3, -0.25) is 9.59 Å². The quantitative estimate of drug-likeness (QED) is 0.430. The number of hydrogen-bond donors (Lipinski definition) is 0. The molecule has 0 aliphatic heterocycles. The first kappa shape index (κ1) is 17.1. The van der Waals surface area contributed by atoms with Crippen molar-refractivity contribution in [3.63, 3.8) is 0 Å². The number of rotatable bonds is 7. The van der Waals surface area contributed by atoms with Gasteiger partial charge in [0.1, 0.15) is 0 Å². The van der Waals surface area contributed by atoms with E-state index in [2.05, 4.69) is 0 Å². The Morgan fingerprint density at radius 3 is 1.71 bits per heavy atom. The van der Waals surface area contributed by atoms with Gasteiger partial charge < -0.3 is 18.9 Å². The first-order valence-electron chi connectivity index (χ1n) is 6.36. The predicted molar refractivity (Wildman–Crippen MR) is 74.5 cm³/mol. The maximum Gasteiger partial charge on any atom is 0.320 e. The van der Waals surface area contributed by atoms with Crippen molar-refractivity contribution in [3.8, 4) is 0 Å². The highest BCUT2D eigenvalue weighted by Crippen LogP contribution is 2.32. The van der Waals surface area contributed by atoms with E-state index >= 15 is 0 Å². The summed E-state index contributed by atoms with van der Waals surface area (Å²) in [5.74, 6) is -3.25. The fourth-order valence-corrected chi connectivity index (χ4v) is 2.21. The second-order valence-electron chi connectivity index (χ2n) is 4.30. The molecule has 0 N–H and O–H groups in total. The van der Waals surface area contributed by atoms with Crippen molar-refractivity contribution >= 4 is 11.9 Å². The summed E-state index contributed by atoms with van der Waals surface area (Å²) in [6.07, 6.45) is -0.796. The van der Waals surface area contributed by atoms with E-state index in [1.165, 1.54) is 28.4 Å². The first-order valence-corrected chi connectivity index (χ1v) is 6.36. The van der Waals surface area contributed by atoms with Gasteiger partial charge in [-0.1, -0.05) is 30.3 Å². The number of benzene rings is 1. The minimum atomic E-state index is -1.17. The van der Waals surface area contributed by atoms with Crippen LogP contribution in [0.5, 0.6) is 0 Å². The van der Waals surface area contributed by atoms with Crippen LogP contribution in [0.2, 0.25) is 0 Å². The monoisotopic (exact) mass is 296 g/mol. The normalized spacial score (nSPS) is 12.3. The Bertz CT molecular complexity index is 438. The highest BCUT2D eigenvalue weighted by Gasteiger charge is 2.42. The van der Waals surface area contributed by atoms with Crippen LogP contribution in [0, 0.1) is 5.92 Å². The van der Waals surface area contributed by atoms with Crippen molar-refractivity contribution in [3.05, 3.63) is 35.9 Å². The summed E-state index contributed by atoms with van der Waals surface area (Å²) < 4.78 is 19.9. The van der Waals surface area contributed by atoms with Gasteiger partial charge in [0.15, 0.2) is 12.2 Å². The zero-order valence-electron chi connectivity index (χ0n) is 12.6. The van der Waals surface area contributed by atoms with Gasteiger partial charge in [0.05, 0.1) is 20.1 Å². The van der Waals surface area contributed by atoms with Crippen LogP contribution in [-0.4, -0.2) is 46.7 Å². The zero-order valence-corrected chi connectivity index (χ0v) is 12.6. The molecule has 0 aliphatic rings. The predicted octanol–water partition coefficient (Wildman–Crippen LogP) is 1.35. The van der Waals surface area contributed by atoms with Crippen molar-refractivity contribution in [2.75, 3.05) is 28.4 Å². The summed E-state index contributed by atoms with van der Waals surface area (Å²) >= 11 is 0. The van der Waals surface area contributed by atoms with E-state index in [0.717, 1.165) is 0 Å². The number of methoxy groups -OCH3 is 4. The molecule has 0 saturated heterocycles. The molecule has 0 saturated carbocycles. The van der Waals surface area contributed by atoms with E-state index < -0.39 is 30.1 Å². The van der Waals surface area contributed by atoms with Gasteiger partial charge in [-0.05, 0) is 5.56 Å². The topological polar surface area (TPSA) is 71.1 Å². The second-order valence-corrected chi connectivity index (χ2v) is 4.30. The van der Waals surface area contributed by atoms with Crippen LogP contribution in [-0.2, 0) is 28.5 Å². The molecule has 0 bridgehead atoms. The van der Waals surface area contributed by atoms with Crippen LogP contribution in [0.15, 0.2) is 30.3 Å². The average molecular weight is 296 g/mol. The van der Waals surface area contributed by atoms with Gasteiger partial charge in [-0.15, -0.1) is 0 Å². The number of esters is 2. The van der Waals surface area contributed by atoms with E-state index in [-0.39, 0.29) is 0 Å². The number of carbonyl (C=O) groups is 2. The summed E-state index contributed by atoms with van der Waals surface area (Å²) in [6, 6.07) is 9.01. The third-order valence-corrected chi connectivity index (χ3v) is 3.21. The highest BCUT2D eigenvalue weighted by atomic mass is 16.7. The number of hydrogen-bond acceptors (Lipinski definition) is 6. The van der Waals surface area contributed by atoms with E-state index in [0.29, 0.717) is 5.56 Å². The largest absolute Gasteiger partial charge is 0.468 e. The molecule has 1 aromatic carbocycles. The number of carbonyl (C=O) groups excluding carboxylic acids is 2. The van der Waals surface area contributed by atoms with Crippen molar-refractivity contribution in [1.82, 2.24) is 0 Å².